The van der Waals surface area contributed by atoms with Crippen LogP contribution >= 0.6 is 11.6 Å². The van der Waals surface area contributed by atoms with Gasteiger partial charge >= 0.3 is 0 Å². The van der Waals surface area contributed by atoms with Crippen LogP contribution in [0.4, 0.5) is 0 Å². The first kappa shape index (κ1) is 13.3. The van der Waals surface area contributed by atoms with E-state index in [1.54, 1.807) is 7.11 Å². The van der Waals surface area contributed by atoms with Crippen LogP contribution in [0.25, 0.3) is 0 Å². The SMILES string of the molecule is CCc1cc(OC)c(Cl)cc1CC(C)(C)N. The van der Waals surface area contributed by atoms with Crippen LogP contribution in [0, 0.1) is 0 Å². The number of methoxy groups -OCH3 is 1. The molecule has 90 valence electrons. The van der Waals surface area contributed by atoms with Gasteiger partial charge in [-0.05, 0) is 49.9 Å². The van der Waals surface area contributed by atoms with Gasteiger partial charge in [-0.3, -0.25) is 0 Å². The van der Waals surface area contributed by atoms with Crippen molar-refractivity contribution in [2.45, 2.75) is 39.2 Å². The molecule has 0 aliphatic heterocycles. The molecule has 1 aromatic rings. The van der Waals surface area contributed by atoms with Crippen molar-refractivity contribution in [3.8, 4) is 5.75 Å². The minimum Gasteiger partial charge on any atom is -0.495 e. The van der Waals surface area contributed by atoms with Gasteiger partial charge in [0.1, 0.15) is 5.75 Å². The molecular formula is C13H20ClNO. The lowest BCUT2D eigenvalue weighted by Gasteiger charge is -2.21. The summed E-state index contributed by atoms with van der Waals surface area (Å²) >= 11 is 6.12. The molecule has 0 radical (unpaired) electrons. The molecule has 0 saturated carbocycles. The second-order valence-corrected chi connectivity index (χ2v) is 5.18. The Labute approximate surface area is 103 Å². The van der Waals surface area contributed by atoms with Crippen molar-refractivity contribution in [1.29, 1.82) is 0 Å². The molecule has 3 heteroatoms. The molecule has 0 aliphatic carbocycles. The van der Waals surface area contributed by atoms with Gasteiger partial charge in [-0.2, -0.15) is 0 Å². The van der Waals surface area contributed by atoms with Crippen molar-refractivity contribution in [2.75, 3.05) is 7.11 Å². The summed E-state index contributed by atoms with van der Waals surface area (Å²) in [7, 11) is 1.63. The number of ether oxygens (including phenoxy) is 1. The molecule has 2 N–H and O–H groups in total. The fourth-order valence-corrected chi connectivity index (χ4v) is 2.04. The van der Waals surface area contributed by atoms with E-state index in [1.165, 1.54) is 11.1 Å². The quantitative estimate of drug-likeness (QED) is 0.879. The average Bonchev–Trinajstić information content (AvgIpc) is 2.16. The number of halogens is 1. The predicted octanol–water partition coefficient (Wildman–Crippen LogP) is 3.19. The average molecular weight is 242 g/mol. The largest absolute Gasteiger partial charge is 0.495 e. The highest BCUT2D eigenvalue weighted by molar-refractivity contribution is 6.32. The molecule has 0 heterocycles. The van der Waals surface area contributed by atoms with E-state index in [2.05, 4.69) is 6.92 Å². The molecule has 16 heavy (non-hydrogen) atoms. The molecule has 0 spiro atoms. The minimum absolute atomic E-state index is 0.220. The zero-order valence-corrected chi connectivity index (χ0v) is 11.2. The Balaban J connectivity index is 3.13. The van der Waals surface area contributed by atoms with Gasteiger partial charge in [-0.1, -0.05) is 18.5 Å². The lowest BCUT2D eigenvalue weighted by atomic mass is 9.92. The highest BCUT2D eigenvalue weighted by Gasteiger charge is 2.16. The molecule has 0 aromatic heterocycles. The number of rotatable bonds is 4. The van der Waals surface area contributed by atoms with Crippen LogP contribution in [0.3, 0.4) is 0 Å². The molecule has 2 nitrogen and oxygen atoms in total. The molecule has 0 atom stereocenters. The van der Waals surface area contributed by atoms with E-state index in [1.807, 2.05) is 26.0 Å². The zero-order valence-electron chi connectivity index (χ0n) is 10.4. The summed E-state index contributed by atoms with van der Waals surface area (Å²) in [6, 6.07) is 3.97. The van der Waals surface area contributed by atoms with Gasteiger partial charge in [0, 0.05) is 5.54 Å². The van der Waals surface area contributed by atoms with Crippen molar-refractivity contribution in [3.63, 3.8) is 0 Å². The van der Waals surface area contributed by atoms with E-state index in [9.17, 15) is 0 Å². The van der Waals surface area contributed by atoms with Gasteiger partial charge < -0.3 is 10.5 Å². The second kappa shape index (κ2) is 5.07. The molecule has 0 bridgehead atoms. The Bertz CT molecular complexity index is 369. The van der Waals surface area contributed by atoms with Crippen LogP contribution in [0.1, 0.15) is 31.9 Å². The molecule has 1 rings (SSSR count). The smallest absolute Gasteiger partial charge is 0.137 e. The molecule has 0 aliphatic rings. The van der Waals surface area contributed by atoms with E-state index >= 15 is 0 Å². The molecule has 0 saturated heterocycles. The molecule has 0 amide bonds. The molecule has 0 fully saturated rings. The Morgan fingerprint density at radius 2 is 1.94 bits per heavy atom. The van der Waals surface area contributed by atoms with Crippen molar-refractivity contribution >= 4 is 11.6 Å². The highest BCUT2D eigenvalue weighted by Crippen LogP contribution is 2.29. The summed E-state index contributed by atoms with van der Waals surface area (Å²) < 4.78 is 5.21. The summed E-state index contributed by atoms with van der Waals surface area (Å²) in [6.45, 7) is 6.16. The van der Waals surface area contributed by atoms with Crippen LogP contribution in [-0.4, -0.2) is 12.6 Å². The highest BCUT2D eigenvalue weighted by atomic mass is 35.5. The van der Waals surface area contributed by atoms with E-state index < -0.39 is 0 Å². The van der Waals surface area contributed by atoms with Crippen LogP contribution in [-0.2, 0) is 12.8 Å². The van der Waals surface area contributed by atoms with Gasteiger partial charge in [0.2, 0.25) is 0 Å². The number of aryl methyl sites for hydroxylation is 1. The fourth-order valence-electron chi connectivity index (χ4n) is 1.78. The monoisotopic (exact) mass is 241 g/mol. The van der Waals surface area contributed by atoms with Crippen LogP contribution in [0.15, 0.2) is 12.1 Å². The number of nitrogens with two attached hydrogens (primary N) is 1. The van der Waals surface area contributed by atoms with Crippen molar-refractivity contribution in [1.82, 2.24) is 0 Å². The van der Waals surface area contributed by atoms with E-state index in [-0.39, 0.29) is 5.54 Å². The standard InChI is InChI=1S/C13H20ClNO/c1-5-9-7-12(16-4)11(14)6-10(9)8-13(2,3)15/h6-7H,5,8,15H2,1-4H3. The maximum atomic E-state index is 6.12. The second-order valence-electron chi connectivity index (χ2n) is 4.77. The topological polar surface area (TPSA) is 35.2 Å². The zero-order chi connectivity index (χ0) is 12.3. The number of benzene rings is 1. The van der Waals surface area contributed by atoms with E-state index in [0.29, 0.717) is 5.02 Å². The third-order valence-electron chi connectivity index (χ3n) is 2.50. The summed E-state index contributed by atoms with van der Waals surface area (Å²) in [5.41, 5.74) is 8.28. The first-order chi connectivity index (χ1) is 7.37. The van der Waals surface area contributed by atoms with Crippen molar-refractivity contribution in [3.05, 3.63) is 28.3 Å². The molecule has 0 unspecified atom stereocenters. The van der Waals surface area contributed by atoms with Gasteiger partial charge in [0.25, 0.3) is 0 Å². The Morgan fingerprint density at radius 3 is 2.38 bits per heavy atom. The summed E-state index contributed by atoms with van der Waals surface area (Å²) in [5, 5.41) is 0.652. The third-order valence-corrected chi connectivity index (χ3v) is 2.80. The fraction of sp³-hybridized carbons (Fsp3) is 0.538. The molecule has 1 aromatic carbocycles. The van der Waals surface area contributed by atoms with Crippen LogP contribution in [0.5, 0.6) is 5.75 Å². The molecular weight excluding hydrogens is 222 g/mol. The van der Waals surface area contributed by atoms with Crippen molar-refractivity contribution < 1.29 is 4.74 Å². The van der Waals surface area contributed by atoms with Gasteiger partial charge in [0.05, 0.1) is 12.1 Å². The van der Waals surface area contributed by atoms with Gasteiger partial charge in [-0.15, -0.1) is 0 Å². The predicted molar refractivity (Wildman–Crippen MR) is 69.4 cm³/mol. The first-order valence-corrected chi connectivity index (χ1v) is 5.89. The van der Waals surface area contributed by atoms with Gasteiger partial charge in [0.15, 0.2) is 0 Å². The number of hydrogen-bond donors (Lipinski definition) is 1. The van der Waals surface area contributed by atoms with E-state index in [0.717, 1.165) is 18.6 Å². The third kappa shape index (κ3) is 3.39. The Morgan fingerprint density at radius 1 is 1.31 bits per heavy atom. The summed E-state index contributed by atoms with van der Waals surface area (Å²) in [4.78, 5) is 0. The minimum atomic E-state index is -0.220. The van der Waals surface area contributed by atoms with Crippen molar-refractivity contribution in [2.24, 2.45) is 5.73 Å². The number of hydrogen-bond acceptors (Lipinski definition) is 2. The Hall–Kier alpha value is -0.730. The van der Waals surface area contributed by atoms with E-state index in [4.69, 9.17) is 22.1 Å². The normalized spacial score (nSPS) is 11.6. The lowest BCUT2D eigenvalue weighted by Crippen LogP contribution is -2.34. The Kier molecular flexibility index (Phi) is 4.22. The van der Waals surface area contributed by atoms with Crippen LogP contribution in [0.2, 0.25) is 5.02 Å². The maximum absolute atomic E-state index is 6.12. The van der Waals surface area contributed by atoms with Gasteiger partial charge in [-0.25, -0.2) is 0 Å². The first-order valence-electron chi connectivity index (χ1n) is 5.51. The van der Waals surface area contributed by atoms with Crippen LogP contribution < -0.4 is 10.5 Å². The lowest BCUT2D eigenvalue weighted by molar-refractivity contribution is 0.414. The summed E-state index contributed by atoms with van der Waals surface area (Å²) in [5.74, 6) is 0.733. The maximum Gasteiger partial charge on any atom is 0.137 e. The summed E-state index contributed by atoms with van der Waals surface area (Å²) in [6.07, 6.45) is 1.78.